The van der Waals surface area contributed by atoms with Crippen molar-refractivity contribution in [3.63, 3.8) is 0 Å². The van der Waals surface area contributed by atoms with E-state index >= 15 is 0 Å². The molecule has 0 fully saturated rings. The second-order valence-electron chi connectivity index (χ2n) is 4.37. The molecule has 0 aliphatic heterocycles. The summed E-state index contributed by atoms with van der Waals surface area (Å²) in [5.74, 6) is 0.489. The normalized spacial score (nSPS) is 10.2. The van der Waals surface area contributed by atoms with E-state index in [1.807, 2.05) is 37.3 Å². The van der Waals surface area contributed by atoms with Gasteiger partial charge in [-0.3, -0.25) is 4.79 Å². The van der Waals surface area contributed by atoms with E-state index in [4.69, 9.17) is 21.1 Å². The maximum atomic E-state index is 11.1. The number of rotatable bonds is 4. The average Bonchev–Trinajstić information content (AvgIpc) is 2.43. The van der Waals surface area contributed by atoms with Gasteiger partial charge in [-0.1, -0.05) is 41.9 Å². The van der Waals surface area contributed by atoms with Gasteiger partial charge in [-0.05, 0) is 24.6 Å². The number of hydrogen-bond donors (Lipinski definition) is 0. The predicted octanol–water partition coefficient (Wildman–Crippen LogP) is 4.15. The van der Waals surface area contributed by atoms with Crippen LogP contribution in [0, 0.1) is 6.92 Å². The van der Waals surface area contributed by atoms with Gasteiger partial charge < -0.3 is 9.47 Å². The lowest BCUT2D eigenvalue weighted by Gasteiger charge is -2.14. The molecule has 0 N–H and O–H groups in total. The first-order valence-corrected chi connectivity index (χ1v) is 6.60. The average molecular weight is 291 g/mol. The lowest BCUT2D eigenvalue weighted by atomic mass is 10.2. The van der Waals surface area contributed by atoms with E-state index in [0.717, 1.165) is 11.1 Å². The lowest BCUT2D eigenvalue weighted by Crippen LogP contribution is -2.05. The van der Waals surface area contributed by atoms with Gasteiger partial charge in [0.05, 0.1) is 0 Å². The Kier molecular flexibility index (Phi) is 4.64. The maximum absolute atomic E-state index is 11.1. The van der Waals surface area contributed by atoms with Gasteiger partial charge in [0, 0.05) is 17.5 Å². The van der Waals surface area contributed by atoms with E-state index in [2.05, 4.69) is 0 Å². The molecule has 0 aliphatic carbocycles. The second kappa shape index (κ2) is 6.44. The van der Waals surface area contributed by atoms with Crippen LogP contribution in [0.1, 0.15) is 18.1 Å². The van der Waals surface area contributed by atoms with E-state index in [9.17, 15) is 4.79 Å². The highest BCUT2D eigenvalue weighted by atomic mass is 35.5. The fourth-order valence-electron chi connectivity index (χ4n) is 1.79. The van der Waals surface area contributed by atoms with Gasteiger partial charge in [-0.25, -0.2) is 0 Å². The first-order valence-electron chi connectivity index (χ1n) is 6.22. The summed E-state index contributed by atoms with van der Waals surface area (Å²) in [4.78, 5) is 11.1. The van der Waals surface area contributed by atoms with Crippen LogP contribution in [0.2, 0.25) is 5.02 Å². The quantitative estimate of drug-likeness (QED) is 0.627. The Morgan fingerprint density at radius 2 is 1.85 bits per heavy atom. The largest absolute Gasteiger partial charge is 0.485 e. The van der Waals surface area contributed by atoms with E-state index in [1.165, 1.54) is 6.92 Å². The van der Waals surface area contributed by atoms with Crippen molar-refractivity contribution in [2.24, 2.45) is 0 Å². The van der Waals surface area contributed by atoms with Gasteiger partial charge in [0.2, 0.25) is 0 Å². The molecular weight excluding hydrogens is 276 g/mol. The van der Waals surface area contributed by atoms with Gasteiger partial charge in [-0.2, -0.15) is 0 Å². The van der Waals surface area contributed by atoms with E-state index < -0.39 is 5.97 Å². The number of hydrogen-bond acceptors (Lipinski definition) is 3. The Bertz CT molecular complexity index is 609. The van der Waals surface area contributed by atoms with Crippen molar-refractivity contribution in [2.75, 3.05) is 0 Å². The minimum absolute atomic E-state index is 0.385. The molecule has 0 unspecified atom stereocenters. The molecule has 4 heteroatoms. The van der Waals surface area contributed by atoms with Gasteiger partial charge in [0.1, 0.15) is 6.61 Å². The van der Waals surface area contributed by atoms with Crippen molar-refractivity contribution in [1.29, 1.82) is 0 Å². The molecule has 0 radical (unpaired) electrons. The molecule has 2 aromatic rings. The Balaban J connectivity index is 2.24. The SMILES string of the molecule is CC(=O)Oc1ccc(Cl)c(C)c1OCc1ccccc1. The van der Waals surface area contributed by atoms with Crippen molar-refractivity contribution >= 4 is 17.6 Å². The number of esters is 1. The topological polar surface area (TPSA) is 35.5 Å². The summed E-state index contributed by atoms with van der Waals surface area (Å²) >= 11 is 6.08. The van der Waals surface area contributed by atoms with Crippen molar-refractivity contribution in [2.45, 2.75) is 20.5 Å². The van der Waals surface area contributed by atoms with Crippen LogP contribution in [0.3, 0.4) is 0 Å². The third-order valence-electron chi connectivity index (χ3n) is 2.78. The van der Waals surface area contributed by atoms with Crippen LogP contribution in [-0.4, -0.2) is 5.97 Å². The summed E-state index contributed by atoms with van der Waals surface area (Å²) in [7, 11) is 0. The highest BCUT2D eigenvalue weighted by Crippen LogP contribution is 2.36. The van der Waals surface area contributed by atoms with Crippen LogP contribution in [-0.2, 0) is 11.4 Å². The Hall–Kier alpha value is -2.00. The standard InChI is InChI=1S/C16H15ClO3/c1-11-14(17)8-9-15(20-12(2)18)16(11)19-10-13-6-4-3-5-7-13/h3-9H,10H2,1-2H3. The summed E-state index contributed by atoms with van der Waals surface area (Å²) < 4.78 is 10.9. The number of halogens is 1. The van der Waals surface area contributed by atoms with Gasteiger partial charge in [0.15, 0.2) is 11.5 Å². The molecule has 0 aromatic heterocycles. The Labute approximate surface area is 123 Å². The molecule has 0 amide bonds. The zero-order chi connectivity index (χ0) is 14.5. The summed E-state index contributed by atoms with van der Waals surface area (Å²) in [6.07, 6.45) is 0. The van der Waals surface area contributed by atoms with E-state index in [-0.39, 0.29) is 0 Å². The van der Waals surface area contributed by atoms with Crippen molar-refractivity contribution in [3.8, 4) is 11.5 Å². The summed E-state index contributed by atoms with van der Waals surface area (Å²) in [6.45, 7) is 3.57. The van der Waals surface area contributed by atoms with Crippen molar-refractivity contribution in [1.82, 2.24) is 0 Å². The van der Waals surface area contributed by atoms with Crippen LogP contribution in [0.4, 0.5) is 0 Å². The number of benzene rings is 2. The number of ether oxygens (including phenoxy) is 2. The molecule has 3 nitrogen and oxygen atoms in total. The molecule has 0 aliphatic rings. The molecule has 20 heavy (non-hydrogen) atoms. The molecule has 0 spiro atoms. The molecule has 0 saturated heterocycles. The van der Waals surface area contributed by atoms with Crippen LogP contribution >= 0.6 is 11.6 Å². The molecule has 0 saturated carbocycles. The zero-order valence-corrected chi connectivity index (χ0v) is 12.1. The van der Waals surface area contributed by atoms with Gasteiger partial charge in [-0.15, -0.1) is 0 Å². The molecule has 104 valence electrons. The molecule has 2 aromatic carbocycles. The molecular formula is C16H15ClO3. The predicted molar refractivity (Wildman–Crippen MR) is 78.3 cm³/mol. The van der Waals surface area contributed by atoms with Crippen molar-refractivity contribution < 1.29 is 14.3 Å². The molecule has 2 rings (SSSR count). The highest BCUT2D eigenvalue weighted by Gasteiger charge is 2.13. The highest BCUT2D eigenvalue weighted by molar-refractivity contribution is 6.31. The maximum Gasteiger partial charge on any atom is 0.308 e. The first kappa shape index (κ1) is 14.4. The van der Waals surface area contributed by atoms with Crippen molar-refractivity contribution in [3.05, 3.63) is 58.6 Å². The van der Waals surface area contributed by atoms with Crippen LogP contribution in [0.5, 0.6) is 11.5 Å². The minimum atomic E-state index is -0.392. The summed E-state index contributed by atoms with van der Waals surface area (Å²) in [5.41, 5.74) is 1.78. The lowest BCUT2D eigenvalue weighted by molar-refractivity contribution is -0.132. The van der Waals surface area contributed by atoms with Crippen LogP contribution in [0.25, 0.3) is 0 Å². The van der Waals surface area contributed by atoms with Gasteiger partial charge >= 0.3 is 5.97 Å². The smallest absolute Gasteiger partial charge is 0.308 e. The molecule has 0 atom stereocenters. The Morgan fingerprint density at radius 1 is 1.15 bits per heavy atom. The van der Waals surface area contributed by atoms with E-state index in [1.54, 1.807) is 12.1 Å². The van der Waals surface area contributed by atoms with Gasteiger partial charge in [0.25, 0.3) is 0 Å². The monoisotopic (exact) mass is 290 g/mol. The van der Waals surface area contributed by atoms with Crippen LogP contribution in [0.15, 0.2) is 42.5 Å². The Morgan fingerprint density at radius 3 is 2.50 bits per heavy atom. The number of carbonyl (C=O) groups is 1. The third-order valence-corrected chi connectivity index (χ3v) is 3.19. The zero-order valence-electron chi connectivity index (χ0n) is 11.4. The third kappa shape index (κ3) is 3.52. The summed E-state index contributed by atoms with van der Waals surface area (Å²) in [6, 6.07) is 13.1. The minimum Gasteiger partial charge on any atom is -0.485 e. The molecule has 0 heterocycles. The fourth-order valence-corrected chi connectivity index (χ4v) is 1.94. The molecule has 0 bridgehead atoms. The van der Waals surface area contributed by atoms with Crippen LogP contribution < -0.4 is 9.47 Å². The fraction of sp³-hybridized carbons (Fsp3) is 0.188. The first-order chi connectivity index (χ1) is 9.58. The summed E-state index contributed by atoms with van der Waals surface area (Å²) in [5, 5.41) is 0.573. The van der Waals surface area contributed by atoms with E-state index in [0.29, 0.717) is 23.1 Å². The number of carbonyl (C=O) groups excluding carboxylic acids is 1. The second-order valence-corrected chi connectivity index (χ2v) is 4.77.